The van der Waals surface area contributed by atoms with E-state index in [4.69, 9.17) is 0 Å². The fourth-order valence-corrected chi connectivity index (χ4v) is 1.84. The van der Waals surface area contributed by atoms with Crippen LogP contribution in [-0.2, 0) is 9.59 Å². The van der Waals surface area contributed by atoms with E-state index >= 15 is 0 Å². The molecule has 24 heavy (non-hydrogen) atoms. The summed E-state index contributed by atoms with van der Waals surface area (Å²) in [5.41, 5.74) is 2.84. The second kappa shape index (κ2) is 8.57. The Morgan fingerprint density at radius 3 is 1.33 bits per heavy atom. The van der Waals surface area contributed by atoms with Gasteiger partial charge in [0, 0.05) is 24.2 Å². The molecule has 0 atom stereocenters. The SMILES string of the molecule is CCC(=O)Nc1ccc(N=Nc2ccc(NC(=O)CC)cc2)cc1. The number of hydrogen-bond donors (Lipinski definition) is 2. The molecule has 0 saturated heterocycles. The Balaban J connectivity index is 1.97. The summed E-state index contributed by atoms with van der Waals surface area (Å²) in [5.74, 6) is -0.0562. The monoisotopic (exact) mass is 324 g/mol. The predicted molar refractivity (Wildman–Crippen MR) is 94.9 cm³/mol. The van der Waals surface area contributed by atoms with Gasteiger partial charge in [0.25, 0.3) is 0 Å². The molecule has 0 aliphatic rings. The van der Waals surface area contributed by atoms with Gasteiger partial charge in [0.05, 0.1) is 11.4 Å². The molecule has 0 saturated carbocycles. The number of nitrogens with one attached hydrogen (secondary N) is 2. The van der Waals surface area contributed by atoms with Gasteiger partial charge in [-0.1, -0.05) is 13.8 Å². The summed E-state index contributed by atoms with van der Waals surface area (Å²) >= 11 is 0. The Kier molecular flexibility index (Phi) is 6.19. The van der Waals surface area contributed by atoms with Crippen LogP contribution in [0.3, 0.4) is 0 Å². The molecule has 0 aliphatic heterocycles. The van der Waals surface area contributed by atoms with Crippen molar-refractivity contribution in [1.82, 2.24) is 0 Å². The standard InChI is InChI=1S/C18H20N4O2/c1-3-17(23)19-13-5-9-15(10-6-13)21-22-16-11-7-14(8-12-16)20-18(24)4-2/h5-12H,3-4H2,1-2H3,(H,19,23)(H,20,24). The molecule has 2 amide bonds. The van der Waals surface area contributed by atoms with Gasteiger partial charge in [-0.25, -0.2) is 0 Å². The maximum absolute atomic E-state index is 11.3. The number of carbonyl (C=O) groups excluding carboxylic acids is 2. The van der Waals surface area contributed by atoms with Crippen LogP contribution in [0.15, 0.2) is 58.8 Å². The van der Waals surface area contributed by atoms with Crippen molar-refractivity contribution in [3.8, 4) is 0 Å². The van der Waals surface area contributed by atoms with Gasteiger partial charge >= 0.3 is 0 Å². The summed E-state index contributed by atoms with van der Waals surface area (Å²) in [6, 6.07) is 14.3. The summed E-state index contributed by atoms with van der Waals surface area (Å²) in [6.45, 7) is 3.60. The zero-order chi connectivity index (χ0) is 17.4. The van der Waals surface area contributed by atoms with Crippen LogP contribution in [0.1, 0.15) is 26.7 Å². The molecule has 2 aromatic rings. The van der Waals surface area contributed by atoms with Gasteiger partial charge in [0.1, 0.15) is 0 Å². The van der Waals surface area contributed by atoms with E-state index in [-0.39, 0.29) is 11.8 Å². The van der Waals surface area contributed by atoms with Crippen molar-refractivity contribution in [2.24, 2.45) is 10.2 Å². The molecule has 0 unspecified atom stereocenters. The van der Waals surface area contributed by atoms with E-state index in [1.165, 1.54) is 0 Å². The second-order valence-electron chi connectivity index (χ2n) is 5.10. The molecule has 0 spiro atoms. The Morgan fingerprint density at radius 1 is 0.708 bits per heavy atom. The molecule has 2 rings (SSSR count). The van der Waals surface area contributed by atoms with Gasteiger partial charge in [0.2, 0.25) is 11.8 Å². The molecule has 6 heteroatoms. The Bertz CT molecular complexity index is 658. The largest absolute Gasteiger partial charge is 0.326 e. The van der Waals surface area contributed by atoms with Crippen LogP contribution in [-0.4, -0.2) is 11.8 Å². The molecule has 2 aromatic carbocycles. The summed E-state index contributed by atoms with van der Waals surface area (Å²) in [5, 5.41) is 13.8. The van der Waals surface area contributed by atoms with Crippen LogP contribution in [0.4, 0.5) is 22.7 Å². The van der Waals surface area contributed by atoms with E-state index in [1.54, 1.807) is 62.4 Å². The van der Waals surface area contributed by atoms with E-state index in [0.717, 1.165) is 11.4 Å². The van der Waals surface area contributed by atoms with Crippen molar-refractivity contribution >= 4 is 34.6 Å². The van der Waals surface area contributed by atoms with Crippen molar-refractivity contribution in [3.05, 3.63) is 48.5 Å². The number of azo groups is 1. The van der Waals surface area contributed by atoms with Crippen LogP contribution in [0.5, 0.6) is 0 Å². The lowest BCUT2D eigenvalue weighted by Gasteiger charge is -2.03. The van der Waals surface area contributed by atoms with Gasteiger partial charge in [-0.3, -0.25) is 9.59 Å². The molecular weight excluding hydrogens is 304 g/mol. The Morgan fingerprint density at radius 2 is 1.04 bits per heavy atom. The number of benzene rings is 2. The van der Waals surface area contributed by atoms with E-state index in [1.807, 2.05) is 0 Å². The van der Waals surface area contributed by atoms with Crippen LogP contribution in [0.2, 0.25) is 0 Å². The minimum Gasteiger partial charge on any atom is -0.326 e. The average Bonchev–Trinajstić information content (AvgIpc) is 2.62. The average molecular weight is 324 g/mol. The molecule has 0 aromatic heterocycles. The van der Waals surface area contributed by atoms with E-state index in [2.05, 4.69) is 20.9 Å². The maximum atomic E-state index is 11.3. The third-order valence-electron chi connectivity index (χ3n) is 3.23. The normalized spacial score (nSPS) is 10.6. The lowest BCUT2D eigenvalue weighted by Crippen LogP contribution is -2.08. The highest BCUT2D eigenvalue weighted by molar-refractivity contribution is 5.91. The van der Waals surface area contributed by atoms with Gasteiger partial charge in [0.15, 0.2) is 0 Å². The zero-order valence-electron chi connectivity index (χ0n) is 13.7. The van der Waals surface area contributed by atoms with E-state index < -0.39 is 0 Å². The van der Waals surface area contributed by atoms with Gasteiger partial charge < -0.3 is 10.6 Å². The fraction of sp³-hybridized carbons (Fsp3) is 0.222. The molecule has 6 nitrogen and oxygen atoms in total. The first-order valence-corrected chi connectivity index (χ1v) is 7.82. The number of anilines is 2. The number of rotatable bonds is 6. The molecule has 2 N–H and O–H groups in total. The summed E-state index contributed by atoms with van der Waals surface area (Å²) in [7, 11) is 0. The first-order chi connectivity index (χ1) is 11.6. The Labute approximate surface area is 141 Å². The van der Waals surface area contributed by atoms with Gasteiger partial charge in [-0.2, -0.15) is 10.2 Å². The van der Waals surface area contributed by atoms with Crippen molar-refractivity contribution < 1.29 is 9.59 Å². The van der Waals surface area contributed by atoms with Crippen LogP contribution >= 0.6 is 0 Å². The third kappa shape index (κ3) is 5.31. The van der Waals surface area contributed by atoms with Crippen molar-refractivity contribution in [3.63, 3.8) is 0 Å². The second-order valence-corrected chi connectivity index (χ2v) is 5.10. The zero-order valence-corrected chi connectivity index (χ0v) is 13.7. The topological polar surface area (TPSA) is 82.9 Å². The van der Waals surface area contributed by atoms with Crippen LogP contribution < -0.4 is 10.6 Å². The quantitative estimate of drug-likeness (QED) is 0.748. The fourth-order valence-electron chi connectivity index (χ4n) is 1.84. The number of amides is 2. The first kappa shape index (κ1) is 17.3. The van der Waals surface area contributed by atoms with Crippen molar-refractivity contribution in [2.45, 2.75) is 26.7 Å². The summed E-state index contributed by atoms with van der Waals surface area (Å²) in [6.07, 6.45) is 0.881. The van der Waals surface area contributed by atoms with Gasteiger partial charge in [-0.05, 0) is 48.5 Å². The number of nitrogens with zero attached hydrogens (tertiary/aromatic N) is 2. The highest BCUT2D eigenvalue weighted by atomic mass is 16.2. The van der Waals surface area contributed by atoms with Crippen molar-refractivity contribution in [2.75, 3.05) is 10.6 Å². The van der Waals surface area contributed by atoms with Crippen LogP contribution in [0.25, 0.3) is 0 Å². The predicted octanol–water partition coefficient (Wildman–Crippen LogP) is 4.80. The molecule has 0 bridgehead atoms. The van der Waals surface area contributed by atoms with Crippen molar-refractivity contribution in [1.29, 1.82) is 0 Å². The number of hydrogen-bond acceptors (Lipinski definition) is 4. The lowest BCUT2D eigenvalue weighted by atomic mass is 10.2. The molecule has 0 fully saturated rings. The molecular formula is C18H20N4O2. The molecule has 0 heterocycles. The van der Waals surface area contributed by atoms with Gasteiger partial charge in [-0.15, -0.1) is 0 Å². The molecule has 0 radical (unpaired) electrons. The first-order valence-electron chi connectivity index (χ1n) is 7.82. The highest BCUT2D eigenvalue weighted by Crippen LogP contribution is 2.21. The number of carbonyl (C=O) groups is 2. The van der Waals surface area contributed by atoms with E-state index in [9.17, 15) is 9.59 Å². The molecule has 0 aliphatic carbocycles. The smallest absolute Gasteiger partial charge is 0.224 e. The Hall–Kier alpha value is -3.02. The minimum atomic E-state index is -0.0281. The molecule has 124 valence electrons. The third-order valence-corrected chi connectivity index (χ3v) is 3.23. The van der Waals surface area contributed by atoms with Crippen LogP contribution in [0, 0.1) is 0 Å². The maximum Gasteiger partial charge on any atom is 0.224 e. The summed E-state index contributed by atoms with van der Waals surface area (Å²) < 4.78 is 0. The minimum absolute atomic E-state index is 0.0281. The van der Waals surface area contributed by atoms with E-state index in [0.29, 0.717) is 24.2 Å². The lowest BCUT2D eigenvalue weighted by molar-refractivity contribution is -0.116. The highest BCUT2D eigenvalue weighted by Gasteiger charge is 2.00. The summed E-state index contributed by atoms with van der Waals surface area (Å²) in [4.78, 5) is 22.6.